The largest absolute Gasteiger partial charge is 0.454 e. The van der Waals surface area contributed by atoms with E-state index in [9.17, 15) is 24.0 Å². The lowest BCUT2D eigenvalue weighted by Crippen LogP contribution is -2.54. The van der Waals surface area contributed by atoms with E-state index in [2.05, 4.69) is 24.5 Å². The summed E-state index contributed by atoms with van der Waals surface area (Å²) >= 11 is 1.46. The summed E-state index contributed by atoms with van der Waals surface area (Å²) in [6.45, 7) is 5.10. The van der Waals surface area contributed by atoms with Crippen molar-refractivity contribution in [2.75, 3.05) is 13.2 Å². The lowest BCUT2D eigenvalue weighted by atomic mass is 9.64. The Morgan fingerprint density at radius 3 is 2.69 bits per heavy atom. The topological polar surface area (TPSA) is 134 Å². The van der Waals surface area contributed by atoms with Gasteiger partial charge in [0.25, 0.3) is 11.8 Å². The molecule has 1 saturated heterocycles. The molecule has 174 valence electrons. The number of hydrogen-bond donors (Lipinski definition) is 3. The number of imide groups is 2. The van der Waals surface area contributed by atoms with Crippen molar-refractivity contribution in [1.82, 2.24) is 20.9 Å². The standard InChI is InChI=1S/C21H28N4O6S/c1-13-7-20(2,3)12-21(8-13)17(28)25(19(30)24-21)10-16(27)31-11-15(26)23-18(29)22-9-14-5-4-6-32-14/h4-6,13H,7-12H2,1-3H3,(H,24,30)(H2,22,23,26,29). The minimum Gasteiger partial charge on any atom is -0.454 e. The Labute approximate surface area is 190 Å². The van der Waals surface area contributed by atoms with Crippen LogP contribution >= 0.6 is 11.3 Å². The van der Waals surface area contributed by atoms with E-state index in [-0.39, 0.29) is 17.9 Å². The molecule has 1 saturated carbocycles. The van der Waals surface area contributed by atoms with E-state index < -0.39 is 48.5 Å². The Bertz CT molecular complexity index is 915. The molecule has 2 fully saturated rings. The molecule has 2 unspecified atom stereocenters. The zero-order chi connectivity index (χ0) is 23.5. The Morgan fingerprint density at radius 2 is 2.03 bits per heavy atom. The second-order valence-corrected chi connectivity index (χ2v) is 10.3. The van der Waals surface area contributed by atoms with Crippen LogP contribution in [-0.4, -0.2) is 53.4 Å². The summed E-state index contributed by atoms with van der Waals surface area (Å²) in [5.74, 6) is -1.94. The normalized spacial score (nSPS) is 24.2. The minimum absolute atomic E-state index is 0.126. The monoisotopic (exact) mass is 464 g/mol. The number of rotatable bonds is 6. The van der Waals surface area contributed by atoms with Crippen molar-refractivity contribution in [2.24, 2.45) is 11.3 Å². The average Bonchev–Trinajstić information content (AvgIpc) is 3.26. The Balaban J connectivity index is 1.46. The summed E-state index contributed by atoms with van der Waals surface area (Å²) in [6.07, 6.45) is 1.94. The average molecular weight is 465 g/mol. The first kappa shape index (κ1) is 23.7. The van der Waals surface area contributed by atoms with Crippen molar-refractivity contribution in [3.8, 4) is 0 Å². The first-order chi connectivity index (χ1) is 15.0. The molecule has 1 aromatic heterocycles. The molecule has 11 heteroatoms. The molecular weight excluding hydrogens is 436 g/mol. The van der Waals surface area contributed by atoms with Crippen molar-refractivity contribution >= 4 is 41.2 Å². The second-order valence-electron chi connectivity index (χ2n) is 9.23. The van der Waals surface area contributed by atoms with E-state index >= 15 is 0 Å². The van der Waals surface area contributed by atoms with Crippen LogP contribution in [0.4, 0.5) is 9.59 Å². The van der Waals surface area contributed by atoms with Gasteiger partial charge >= 0.3 is 18.0 Å². The van der Waals surface area contributed by atoms with Gasteiger partial charge in [0, 0.05) is 4.88 Å². The maximum atomic E-state index is 13.0. The SMILES string of the molecule is CC1CC(C)(C)CC2(C1)NC(=O)N(CC(=O)OCC(=O)NC(=O)NCc1cccs1)C2=O. The molecule has 2 atom stereocenters. The molecule has 6 amide bonds. The third kappa shape index (κ3) is 5.64. The lowest BCUT2D eigenvalue weighted by Gasteiger charge is -2.43. The predicted molar refractivity (Wildman–Crippen MR) is 115 cm³/mol. The van der Waals surface area contributed by atoms with Crippen LogP contribution in [0.15, 0.2) is 17.5 Å². The van der Waals surface area contributed by atoms with E-state index in [1.54, 1.807) is 0 Å². The molecule has 1 aliphatic carbocycles. The molecule has 2 aliphatic rings. The fourth-order valence-corrected chi connectivity index (χ4v) is 5.40. The molecule has 1 aliphatic heterocycles. The molecule has 10 nitrogen and oxygen atoms in total. The summed E-state index contributed by atoms with van der Waals surface area (Å²) in [6, 6.07) is 2.31. The number of carbonyl (C=O) groups excluding carboxylic acids is 5. The van der Waals surface area contributed by atoms with E-state index in [0.29, 0.717) is 12.8 Å². The predicted octanol–water partition coefficient (Wildman–Crippen LogP) is 1.75. The van der Waals surface area contributed by atoms with Gasteiger partial charge in [-0.3, -0.25) is 24.6 Å². The van der Waals surface area contributed by atoms with Crippen molar-refractivity contribution in [3.63, 3.8) is 0 Å². The third-order valence-corrected chi connectivity index (χ3v) is 6.41. The van der Waals surface area contributed by atoms with Gasteiger partial charge in [-0.2, -0.15) is 0 Å². The fraction of sp³-hybridized carbons (Fsp3) is 0.571. The van der Waals surface area contributed by atoms with Crippen molar-refractivity contribution in [3.05, 3.63) is 22.4 Å². The van der Waals surface area contributed by atoms with Gasteiger partial charge in [-0.05, 0) is 42.0 Å². The van der Waals surface area contributed by atoms with E-state index in [1.807, 2.05) is 29.8 Å². The minimum atomic E-state index is -1.02. The molecular formula is C21H28N4O6S. The number of hydrogen-bond acceptors (Lipinski definition) is 7. The summed E-state index contributed by atoms with van der Waals surface area (Å²) in [4.78, 5) is 62.9. The van der Waals surface area contributed by atoms with Gasteiger partial charge < -0.3 is 15.4 Å². The molecule has 1 spiro atoms. The van der Waals surface area contributed by atoms with Gasteiger partial charge in [0.2, 0.25) is 0 Å². The van der Waals surface area contributed by atoms with Crippen LogP contribution in [0.5, 0.6) is 0 Å². The molecule has 3 N–H and O–H groups in total. The zero-order valence-electron chi connectivity index (χ0n) is 18.4. The fourth-order valence-electron chi connectivity index (χ4n) is 4.76. The third-order valence-electron chi connectivity index (χ3n) is 5.53. The Morgan fingerprint density at radius 1 is 1.28 bits per heavy atom. The van der Waals surface area contributed by atoms with Crippen LogP contribution in [0.1, 0.15) is 44.9 Å². The van der Waals surface area contributed by atoms with Crippen molar-refractivity contribution in [1.29, 1.82) is 0 Å². The zero-order valence-corrected chi connectivity index (χ0v) is 19.2. The molecule has 0 radical (unpaired) electrons. The van der Waals surface area contributed by atoms with Crippen LogP contribution in [0.25, 0.3) is 0 Å². The molecule has 1 aromatic rings. The Kier molecular flexibility index (Phi) is 6.87. The van der Waals surface area contributed by atoms with E-state index in [1.165, 1.54) is 11.3 Å². The van der Waals surface area contributed by atoms with Crippen molar-refractivity contribution in [2.45, 2.75) is 52.1 Å². The van der Waals surface area contributed by atoms with Crippen LogP contribution in [0.2, 0.25) is 0 Å². The highest BCUT2D eigenvalue weighted by molar-refractivity contribution is 7.09. The Hall–Kier alpha value is -2.95. The molecule has 0 aromatic carbocycles. The maximum absolute atomic E-state index is 13.0. The highest BCUT2D eigenvalue weighted by Crippen LogP contribution is 2.46. The summed E-state index contributed by atoms with van der Waals surface area (Å²) in [5, 5.41) is 9.20. The number of nitrogens with zero attached hydrogens (tertiary/aromatic N) is 1. The number of nitrogens with one attached hydrogen (secondary N) is 3. The van der Waals surface area contributed by atoms with Crippen molar-refractivity contribution < 1.29 is 28.7 Å². The summed E-state index contributed by atoms with van der Waals surface area (Å²) < 4.78 is 4.85. The van der Waals surface area contributed by atoms with E-state index in [4.69, 9.17) is 4.74 Å². The number of carbonyl (C=O) groups is 5. The van der Waals surface area contributed by atoms with Gasteiger partial charge in [0.05, 0.1) is 6.54 Å². The molecule has 0 bridgehead atoms. The number of esters is 1. The van der Waals surface area contributed by atoms with Gasteiger partial charge in [-0.25, -0.2) is 9.59 Å². The van der Waals surface area contributed by atoms with Crippen LogP contribution in [-0.2, 0) is 25.7 Å². The highest BCUT2D eigenvalue weighted by Gasteiger charge is 2.56. The van der Waals surface area contributed by atoms with Gasteiger partial charge in [-0.1, -0.05) is 26.8 Å². The van der Waals surface area contributed by atoms with E-state index in [0.717, 1.165) is 16.2 Å². The lowest BCUT2D eigenvalue weighted by molar-refractivity contribution is -0.151. The van der Waals surface area contributed by atoms with Gasteiger partial charge in [-0.15, -0.1) is 11.3 Å². The van der Waals surface area contributed by atoms with Gasteiger partial charge in [0.15, 0.2) is 6.61 Å². The van der Waals surface area contributed by atoms with Crippen LogP contribution in [0.3, 0.4) is 0 Å². The smallest absolute Gasteiger partial charge is 0.326 e. The van der Waals surface area contributed by atoms with Crippen LogP contribution in [0, 0.1) is 11.3 Å². The summed E-state index contributed by atoms with van der Waals surface area (Å²) in [5.41, 5.74) is -1.14. The first-order valence-electron chi connectivity index (χ1n) is 10.4. The van der Waals surface area contributed by atoms with Crippen LogP contribution < -0.4 is 16.0 Å². The number of amides is 6. The quantitative estimate of drug-likeness (QED) is 0.434. The number of ether oxygens (including phenoxy) is 1. The highest BCUT2D eigenvalue weighted by atomic mass is 32.1. The molecule has 32 heavy (non-hydrogen) atoms. The summed E-state index contributed by atoms with van der Waals surface area (Å²) in [7, 11) is 0. The molecule has 3 rings (SSSR count). The maximum Gasteiger partial charge on any atom is 0.326 e. The molecule has 2 heterocycles. The second kappa shape index (κ2) is 9.27. The number of urea groups is 2. The van der Waals surface area contributed by atoms with Gasteiger partial charge in [0.1, 0.15) is 12.1 Å². The first-order valence-corrected chi connectivity index (χ1v) is 11.3. The number of thiophene rings is 1.